The third-order valence-electron chi connectivity index (χ3n) is 3.89. The van der Waals surface area contributed by atoms with Crippen molar-refractivity contribution >= 4 is 28.6 Å². The molecule has 2 aromatic carbocycles. The summed E-state index contributed by atoms with van der Waals surface area (Å²) < 4.78 is 1.59. The van der Waals surface area contributed by atoms with Crippen LogP contribution in [0.15, 0.2) is 58.5 Å². The van der Waals surface area contributed by atoms with E-state index < -0.39 is 5.91 Å². The zero-order valence-electron chi connectivity index (χ0n) is 14.1. The molecular formula is C19H19N3O2S. The van der Waals surface area contributed by atoms with Crippen LogP contribution in [0.5, 0.6) is 0 Å². The predicted molar refractivity (Wildman–Crippen MR) is 101 cm³/mol. The molecule has 0 aliphatic heterocycles. The van der Waals surface area contributed by atoms with Gasteiger partial charge in [0, 0.05) is 0 Å². The molecule has 128 valence electrons. The van der Waals surface area contributed by atoms with Crippen molar-refractivity contribution in [3.8, 4) is 5.69 Å². The molecule has 3 aromatic rings. The van der Waals surface area contributed by atoms with E-state index in [2.05, 4.69) is 18.8 Å². The first kappa shape index (κ1) is 17.2. The summed E-state index contributed by atoms with van der Waals surface area (Å²) in [6.07, 6.45) is 0. The number of aromatic nitrogens is 2. The number of hydrogen-bond donors (Lipinski definition) is 1. The Morgan fingerprint density at radius 1 is 1.16 bits per heavy atom. The lowest BCUT2D eigenvalue weighted by atomic mass is 10.0. The molecule has 0 aliphatic rings. The molecule has 1 heterocycles. The maximum Gasteiger partial charge on any atom is 0.266 e. The standard InChI is InChI=1S/C19H19N3O2S/c1-12(2)13-7-4-6-10-16(13)22-18(24)14-8-3-5-9-15(14)21-19(22)25-11-17(20)23/h3-10,12H,11H2,1-2H3,(H2,20,23). The topological polar surface area (TPSA) is 78.0 Å². The van der Waals surface area contributed by atoms with Crippen LogP contribution in [0.4, 0.5) is 0 Å². The quantitative estimate of drug-likeness (QED) is 0.565. The number of para-hydroxylation sites is 2. The van der Waals surface area contributed by atoms with Crippen LogP contribution in [0.3, 0.4) is 0 Å². The summed E-state index contributed by atoms with van der Waals surface area (Å²) >= 11 is 1.18. The molecule has 2 N–H and O–H groups in total. The first-order chi connectivity index (χ1) is 12.0. The van der Waals surface area contributed by atoms with Crippen LogP contribution in [-0.4, -0.2) is 21.2 Å². The lowest BCUT2D eigenvalue weighted by Crippen LogP contribution is -2.24. The van der Waals surface area contributed by atoms with Crippen LogP contribution < -0.4 is 11.3 Å². The van der Waals surface area contributed by atoms with Gasteiger partial charge in [-0.05, 0) is 29.7 Å². The van der Waals surface area contributed by atoms with Gasteiger partial charge in [-0.25, -0.2) is 4.98 Å². The number of hydrogen-bond acceptors (Lipinski definition) is 4. The largest absolute Gasteiger partial charge is 0.369 e. The molecule has 5 nitrogen and oxygen atoms in total. The van der Waals surface area contributed by atoms with E-state index in [0.29, 0.717) is 16.1 Å². The van der Waals surface area contributed by atoms with Gasteiger partial charge in [-0.2, -0.15) is 0 Å². The van der Waals surface area contributed by atoms with Crippen LogP contribution in [0.2, 0.25) is 0 Å². The third kappa shape index (κ3) is 3.44. The minimum atomic E-state index is -0.448. The summed E-state index contributed by atoms with van der Waals surface area (Å²) in [5.41, 5.74) is 7.57. The second-order valence-corrected chi connectivity index (χ2v) is 6.96. The number of carbonyl (C=O) groups excluding carboxylic acids is 1. The molecule has 0 atom stereocenters. The van der Waals surface area contributed by atoms with Crippen LogP contribution in [0.25, 0.3) is 16.6 Å². The maximum atomic E-state index is 13.2. The average Bonchev–Trinajstić information content (AvgIpc) is 2.60. The zero-order valence-corrected chi connectivity index (χ0v) is 14.9. The summed E-state index contributed by atoms with van der Waals surface area (Å²) in [6.45, 7) is 4.16. The van der Waals surface area contributed by atoms with Gasteiger partial charge in [-0.15, -0.1) is 0 Å². The first-order valence-electron chi connectivity index (χ1n) is 8.01. The van der Waals surface area contributed by atoms with Crippen molar-refractivity contribution in [1.29, 1.82) is 0 Å². The minimum Gasteiger partial charge on any atom is -0.369 e. The number of primary amides is 1. The van der Waals surface area contributed by atoms with Crippen molar-refractivity contribution in [1.82, 2.24) is 9.55 Å². The summed E-state index contributed by atoms with van der Waals surface area (Å²) in [6, 6.07) is 15.0. The van der Waals surface area contributed by atoms with E-state index in [4.69, 9.17) is 5.73 Å². The Balaban J connectivity index is 2.32. The monoisotopic (exact) mass is 353 g/mol. The fraction of sp³-hybridized carbons (Fsp3) is 0.211. The number of carbonyl (C=O) groups is 1. The molecule has 0 bridgehead atoms. The highest BCUT2D eigenvalue weighted by Gasteiger charge is 2.17. The summed E-state index contributed by atoms with van der Waals surface area (Å²) in [5, 5.41) is 1.01. The van der Waals surface area contributed by atoms with E-state index in [1.807, 2.05) is 36.4 Å². The Bertz CT molecular complexity index is 995. The van der Waals surface area contributed by atoms with Gasteiger partial charge in [-0.3, -0.25) is 14.2 Å². The van der Waals surface area contributed by atoms with E-state index >= 15 is 0 Å². The Labute approximate surface area is 149 Å². The van der Waals surface area contributed by atoms with E-state index in [9.17, 15) is 9.59 Å². The van der Waals surface area contributed by atoms with Gasteiger partial charge in [0.15, 0.2) is 5.16 Å². The van der Waals surface area contributed by atoms with Gasteiger partial charge in [0.1, 0.15) is 0 Å². The number of thioether (sulfide) groups is 1. The zero-order chi connectivity index (χ0) is 18.0. The number of benzene rings is 2. The summed E-state index contributed by atoms with van der Waals surface area (Å²) in [7, 11) is 0. The first-order valence-corrected chi connectivity index (χ1v) is 8.99. The Hall–Kier alpha value is -2.60. The fourth-order valence-corrected chi connectivity index (χ4v) is 3.48. The maximum absolute atomic E-state index is 13.2. The number of nitrogens with two attached hydrogens (primary N) is 1. The van der Waals surface area contributed by atoms with Gasteiger partial charge >= 0.3 is 0 Å². The van der Waals surface area contributed by atoms with Crippen LogP contribution >= 0.6 is 11.8 Å². The predicted octanol–water partition coefficient (Wildman–Crippen LogP) is 3.09. The molecule has 0 spiro atoms. The number of rotatable bonds is 5. The van der Waals surface area contributed by atoms with E-state index in [1.54, 1.807) is 16.7 Å². The van der Waals surface area contributed by atoms with Crippen molar-refractivity contribution in [3.63, 3.8) is 0 Å². The van der Waals surface area contributed by atoms with Crippen LogP contribution in [-0.2, 0) is 4.79 Å². The fourth-order valence-electron chi connectivity index (χ4n) is 2.74. The molecule has 0 unspecified atom stereocenters. The van der Waals surface area contributed by atoms with E-state index in [0.717, 1.165) is 11.3 Å². The van der Waals surface area contributed by atoms with Crippen molar-refractivity contribution in [3.05, 3.63) is 64.4 Å². The lowest BCUT2D eigenvalue weighted by molar-refractivity contribution is -0.115. The van der Waals surface area contributed by atoms with Crippen LogP contribution in [0, 0.1) is 0 Å². The van der Waals surface area contributed by atoms with Crippen molar-refractivity contribution in [2.45, 2.75) is 24.9 Å². The lowest BCUT2D eigenvalue weighted by Gasteiger charge is -2.17. The van der Waals surface area contributed by atoms with E-state index in [-0.39, 0.29) is 17.2 Å². The molecule has 1 aromatic heterocycles. The van der Waals surface area contributed by atoms with Crippen LogP contribution in [0.1, 0.15) is 25.3 Å². The minimum absolute atomic E-state index is 0.0641. The van der Waals surface area contributed by atoms with Gasteiger partial charge in [0.05, 0.1) is 22.3 Å². The van der Waals surface area contributed by atoms with Gasteiger partial charge in [0.25, 0.3) is 5.56 Å². The highest BCUT2D eigenvalue weighted by molar-refractivity contribution is 7.99. The van der Waals surface area contributed by atoms with E-state index in [1.165, 1.54) is 11.8 Å². The molecule has 0 saturated heterocycles. The molecule has 0 saturated carbocycles. The van der Waals surface area contributed by atoms with Gasteiger partial charge < -0.3 is 5.73 Å². The molecule has 3 rings (SSSR count). The highest BCUT2D eigenvalue weighted by atomic mass is 32.2. The van der Waals surface area contributed by atoms with Crippen molar-refractivity contribution in [2.75, 3.05) is 5.75 Å². The second kappa shape index (κ2) is 7.11. The van der Waals surface area contributed by atoms with Crippen molar-refractivity contribution in [2.24, 2.45) is 5.73 Å². The Kier molecular flexibility index (Phi) is 4.90. The third-order valence-corrected chi connectivity index (χ3v) is 4.85. The normalized spacial score (nSPS) is 11.2. The molecule has 25 heavy (non-hydrogen) atoms. The highest BCUT2D eigenvalue weighted by Crippen LogP contribution is 2.26. The molecular weight excluding hydrogens is 334 g/mol. The molecule has 0 aliphatic carbocycles. The van der Waals surface area contributed by atoms with Gasteiger partial charge in [-0.1, -0.05) is 55.9 Å². The van der Waals surface area contributed by atoms with Crippen molar-refractivity contribution < 1.29 is 4.79 Å². The molecule has 1 amide bonds. The second-order valence-electron chi connectivity index (χ2n) is 6.02. The SMILES string of the molecule is CC(C)c1ccccc1-n1c(SCC(N)=O)nc2ccccc2c1=O. The number of nitrogens with zero attached hydrogens (tertiary/aromatic N) is 2. The smallest absolute Gasteiger partial charge is 0.266 e. The molecule has 0 radical (unpaired) electrons. The molecule has 0 fully saturated rings. The molecule has 6 heteroatoms. The van der Waals surface area contributed by atoms with Gasteiger partial charge in [0.2, 0.25) is 5.91 Å². The number of fused-ring (bicyclic) bond motifs is 1. The number of amides is 1. The summed E-state index contributed by atoms with van der Waals surface area (Å²) in [4.78, 5) is 29.0. The average molecular weight is 353 g/mol. The summed E-state index contributed by atoms with van der Waals surface area (Å²) in [5.74, 6) is -0.145. The Morgan fingerprint density at radius 2 is 1.84 bits per heavy atom. The Morgan fingerprint density at radius 3 is 2.56 bits per heavy atom.